The van der Waals surface area contributed by atoms with Gasteiger partial charge in [-0.3, -0.25) is 4.90 Å². The smallest absolute Gasteiger partial charge is 0.191 e. The van der Waals surface area contributed by atoms with Gasteiger partial charge in [-0.1, -0.05) is 30.3 Å². The van der Waals surface area contributed by atoms with Gasteiger partial charge in [0.1, 0.15) is 0 Å². The molecule has 0 aliphatic carbocycles. The number of guanidine groups is 1. The molecule has 0 spiro atoms. The zero-order valence-corrected chi connectivity index (χ0v) is 17.8. The Morgan fingerprint density at radius 3 is 2.61 bits per heavy atom. The number of hydrogen-bond acceptors (Lipinski definition) is 4. The van der Waals surface area contributed by atoms with Crippen molar-refractivity contribution >= 4 is 17.3 Å². The number of nitrogens with zero attached hydrogens (tertiary/aromatic N) is 2. The van der Waals surface area contributed by atoms with Gasteiger partial charge in [-0.05, 0) is 55.4 Å². The van der Waals surface area contributed by atoms with Gasteiger partial charge in [-0.15, -0.1) is 11.3 Å². The van der Waals surface area contributed by atoms with Crippen molar-refractivity contribution in [3.05, 3.63) is 57.8 Å². The highest BCUT2D eigenvalue weighted by molar-refractivity contribution is 7.10. The largest absolute Gasteiger partial charge is 0.380 e. The first-order valence-electron chi connectivity index (χ1n) is 10.2. The Bertz CT molecular complexity index is 726. The molecular weight excluding hydrogens is 368 g/mol. The Labute approximate surface area is 172 Å². The Morgan fingerprint density at radius 1 is 1.14 bits per heavy atom. The maximum absolute atomic E-state index is 5.32. The van der Waals surface area contributed by atoms with Crippen molar-refractivity contribution < 1.29 is 4.74 Å². The van der Waals surface area contributed by atoms with E-state index in [-0.39, 0.29) is 0 Å². The van der Waals surface area contributed by atoms with Gasteiger partial charge in [-0.25, -0.2) is 4.99 Å². The van der Waals surface area contributed by atoms with Gasteiger partial charge in [0.2, 0.25) is 0 Å². The molecule has 1 aliphatic heterocycles. The van der Waals surface area contributed by atoms with Crippen molar-refractivity contribution in [2.45, 2.75) is 39.0 Å². The summed E-state index contributed by atoms with van der Waals surface area (Å²) in [5.41, 5.74) is 2.40. The third-order valence-electron chi connectivity index (χ3n) is 5.09. The lowest BCUT2D eigenvalue weighted by Crippen LogP contribution is -2.42. The van der Waals surface area contributed by atoms with Crippen molar-refractivity contribution in [1.82, 2.24) is 15.5 Å². The van der Waals surface area contributed by atoms with Crippen molar-refractivity contribution in [2.75, 3.05) is 33.3 Å². The van der Waals surface area contributed by atoms with Crippen LogP contribution in [0.5, 0.6) is 0 Å². The highest BCUT2D eigenvalue weighted by Crippen LogP contribution is 2.27. The van der Waals surface area contributed by atoms with Crippen LogP contribution >= 0.6 is 11.3 Å². The SMILES string of the molecule is CCNC(=NCc1ccccc1COC)NCC(c1cccs1)N1CCCC1. The Kier molecular flexibility index (Phi) is 8.33. The molecule has 1 fully saturated rings. The first kappa shape index (κ1) is 20.8. The van der Waals surface area contributed by atoms with Crippen molar-refractivity contribution in [2.24, 2.45) is 4.99 Å². The van der Waals surface area contributed by atoms with Crippen LogP contribution in [0.3, 0.4) is 0 Å². The summed E-state index contributed by atoms with van der Waals surface area (Å²) in [5, 5.41) is 9.14. The highest BCUT2D eigenvalue weighted by atomic mass is 32.1. The van der Waals surface area contributed by atoms with Crippen LogP contribution in [0, 0.1) is 0 Å². The number of likely N-dealkylation sites (tertiary alicyclic amines) is 1. The number of hydrogen-bond donors (Lipinski definition) is 2. The minimum atomic E-state index is 0.409. The van der Waals surface area contributed by atoms with Crippen LogP contribution in [0.2, 0.25) is 0 Å². The summed E-state index contributed by atoms with van der Waals surface area (Å²) in [7, 11) is 1.73. The second kappa shape index (κ2) is 11.2. The van der Waals surface area contributed by atoms with Crippen LogP contribution in [0.4, 0.5) is 0 Å². The van der Waals surface area contributed by atoms with Gasteiger partial charge in [0.25, 0.3) is 0 Å². The topological polar surface area (TPSA) is 48.9 Å². The molecule has 1 aliphatic rings. The molecule has 0 radical (unpaired) electrons. The summed E-state index contributed by atoms with van der Waals surface area (Å²) < 4.78 is 5.32. The van der Waals surface area contributed by atoms with Gasteiger partial charge in [0.05, 0.1) is 19.2 Å². The molecule has 28 heavy (non-hydrogen) atoms. The van der Waals surface area contributed by atoms with Crippen molar-refractivity contribution in [3.63, 3.8) is 0 Å². The van der Waals surface area contributed by atoms with Crippen LogP contribution in [0.25, 0.3) is 0 Å². The lowest BCUT2D eigenvalue weighted by molar-refractivity contribution is 0.184. The average molecular weight is 401 g/mol. The third kappa shape index (κ3) is 5.80. The van der Waals surface area contributed by atoms with Crippen LogP contribution in [0.15, 0.2) is 46.8 Å². The predicted molar refractivity (Wildman–Crippen MR) is 118 cm³/mol. The van der Waals surface area contributed by atoms with Gasteiger partial charge < -0.3 is 15.4 Å². The minimum absolute atomic E-state index is 0.409. The van der Waals surface area contributed by atoms with Gasteiger partial charge in [0.15, 0.2) is 5.96 Å². The second-order valence-electron chi connectivity index (χ2n) is 7.05. The fourth-order valence-corrected chi connectivity index (χ4v) is 4.51. The van der Waals surface area contributed by atoms with Gasteiger partial charge >= 0.3 is 0 Å². The third-order valence-corrected chi connectivity index (χ3v) is 6.06. The van der Waals surface area contributed by atoms with Gasteiger partial charge in [0, 0.05) is 25.1 Å². The Morgan fingerprint density at radius 2 is 1.93 bits per heavy atom. The normalized spacial score (nSPS) is 16.3. The van der Waals surface area contributed by atoms with Crippen LogP contribution < -0.4 is 10.6 Å². The number of rotatable bonds is 9. The number of aliphatic imine (C=N–C) groups is 1. The molecule has 1 aromatic heterocycles. The minimum Gasteiger partial charge on any atom is -0.380 e. The standard InChI is InChI=1S/C22H32N4OS/c1-3-23-22(24-15-18-9-4-5-10-19(18)17-27-2)25-16-20(21-11-8-14-28-21)26-12-6-7-13-26/h4-5,8-11,14,20H,3,6-7,12-13,15-17H2,1-2H3,(H2,23,24,25). The monoisotopic (exact) mass is 400 g/mol. The van der Waals surface area contributed by atoms with E-state index < -0.39 is 0 Å². The molecule has 3 rings (SSSR count). The van der Waals surface area contributed by atoms with Crippen LogP contribution in [-0.2, 0) is 17.9 Å². The average Bonchev–Trinajstić information content (AvgIpc) is 3.42. The van der Waals surface area contributed by atoms with E-state index in [9.17, 15) is 0 Å². The molecular formula is C22H32N4OS. The fourth-order valence-electron chi connectivity index (χ4n) is 3.65. The summed E-state index contributed by atoms with van der Waals surface area (Å²) in [4.78, 5) is 8.85. The number of methoxy groups -OCH3 is 1. The van der Waals surface area contributed by atoms with Gasteiger partial charge in [-0.2, -0.15) is 0 Å². The predicted octanol–water partition coefficient (Wildman–Crippen LogP) is 3.79. The van der Waals surface area contributed by atoms with E-state index in [0.29, 0.717) is 19.2 Å². The quantitative estimate of drug-likeness (QED) is 0.497. The lowest BCUT2D eigenvalue weighted by Gasteiger charge is -2.27. The number of benzene rings is 1. The second-order valence-corrected chi connectivity index (χ2v) is 8.03. The van der Waals surface area contributed by atoms with Crippen LogP contribution in [-0.4, -0.2) is 44.1 Å². The maximum atomic E-state index is 5.32. The molecule has 0 amide bonds. The molecule has 2 N–H and O–H groups in total. The first-order chi connectivity index (χ1) is 13.8. The van der Waals surface area contributed by atoms with Crippen molar-refractivity contribution in [3.8, 4) is 0 Å². The lowest BCUT2D eigenvalue weighted by atomic mass is 10.1. The van der Waals surface area contributed by atoms with E-state index in [1.807, 2.05) is 17.4 Å². The molecule has 152 valence electrons. The summed E-state index contributed by atoms with van der Waals surface area (Å²) >= 11 is 1.84. The summed E-state index contributed by atoms with van der Waals surface area (Å²) in [6, 6.07) is 13.1. The van der Waals surface area contributed by atoms with E-state index in [0.717, 1.165) is 19.0 Å². The molecule has 1 aromatic carbocycles. The van der Waals surface area contributed by atoms with Crippen LogP contribution in [0.1, 0.15) is 41.8 Å². The number of nitrogens with one attached hydrogen (secondary N) is 2. The Balaban J connectivity index is 1.67. The number of ether oxygens (including phenoxy) is 1. The van der Waals surface area contributed by atoms with E-state index in [1.165, 1.54) is 41.9 Å². The molecule has 2 heterocycles. The molecule has 6 heteroatoms. The summed E-state index contributed by atoms with van der Waals surface area (Å²) in [5.74, 6) is 0.871. The molecule has 5 nitrogen and oxygen atoms in total. The molecule has 0 bridgehead atoms. The molecule has 1 atom stereocenters. The molecule has 0 saturated carbocycles. The van der Waals surface area contributed by atoms with E-state index in [2.05, 4.69) is 58.2 Å². The molecule has 1 unspecified atom stereocenters. The maximum Gasteiger partial charge on any atom is 0.191 e. The summed E-state index contributed by atoms with van der Waals surface area (Å²) in [6.07, 6.45) is 2.60. The summed E-state index contributed by atoms with van der Waals surface area (Å²) in [6.45, 7) is 7.44. The Hall–Kier alpha value is -1.89. The zero-order valence-electron chi connectivity index (χ0n) is 17.0. The van der Waals surface area contributed by atoms with E-state index in [1.54, 1.807) is 7.11 Å². The van der Waals surface area contributed by atoms with E-state index in [4.69, 9.17) is 9.73 Å². The van der Waals surface area contributed by atoms with Crippen molar-refractivity contribution in [1.29, 1.82) is 0 Å². The molecule has 2 aromatic rings. The number of thiophene rings is 1. The van der Waals surface area contributed by atoms with E-state index >= 15 is 0 Å². The highest BCUT2D eigenvalue weighted by Gasteiger charge is 2.24. The first-order valence-corrected chi connectivity index (χ1v) is 11.0. The zero-order chi connectivity index (χ0) is 19.6. The molecule has 1 saturated heterocycles. The fraction of sp³-hybridized carbons (Fsp3) is 0.500.